The van der Waals surface area contributed by atoms with Gasteiger partial charge in [0.05, 0.1) is 0 Å². The molecule has 18 heavy (non-hydrogen) atoms. The molecule has 1 aliphatic rings. The molecule has 0 fully saturated rings. The first kappa shape index (κ1) is 12.7. The van der Waals surface area contributed by atoms with Gasteiger partial charge in [-0.3, -0.25) is 4.79 Å². The van der Waals surface area contributed by atoms with Gasteiger partial charge in [0, 0.05) is 33.6 Å². The average Bonchev–Trinajstić information content (AvgIpc) is 2.81. The molecule has 1 aromatic carbocycles. The Kier molecular flexibility index (Phi) is 4.04. The minimum atomic E-state index is 0.133. The molecule has 0 radical (unpaired) electrons. The molecule has 2 rings (SSSR count). The number of hydrogen-bond donors (Lipinski definition) is 1. The molecule has 0 unspecified atom stereocenters. The fourth-order valence-corrected chi connectivity index (χ4v) is 1.70. The summed E-state index contributed by atoms with van der Waals surface area (Å²) in [4.78, 5) is 13.0. The maximum absolute atomic E-state index is 11.4. The van der Waals surface area contributed by atoms with Crippen molar-refractivity contribution in [2.24, 2.45) is 0 Å². The molecule has 5 nitrogen and oxygen atoms in total. The molecule has 1 heterocycles. The smallest absolute Gasteiger partial charge is 0.231 e. The standard InChI is InChI=1S/C13H18N2O3/c1-15(2)13(16)5-6-14-8-10-3-4-11-12(7-10)18-9-17-11/h3-4,7,14H,5-6,8-9H2,1-2H3. The molecule has 1 aliphatic heterocycles. The van der Waals surface area contributed by atoms with E-state index in [-0.39, 0.29) is 5.91 Å². The van der Waals surface area contributed by atoms with Crippen LogP contribution in [0.5, 0.6) is 11.5 Å². The van der Waals surface area contributed by atoms with E-state index < -0.39 is 0 Å². The van der Waals surface area contributed by atoms with E-state index in [0.29, 0.717) is 19.8 Å². The number of hydrogen-bond acceptors (Lipinski definition) is 4. The van der Waals surface area contributed by atoms with Gasteiger partial charge in [-0.15, -0.1) is 0 Å². The van der Waals surface area contributed by atoms with Crippen molar-refractivity contribution >= 4 is 5.91 Å². The van der Waals surface area contributed by atoms with Crippen LogP contribution in [0.1, 0.15) is 12.0 Å². The maximum atomic E-state index is 11.4. The average molecular weight is 250 g/mol. The molecule has 5 heteroatoms. The summed E-state index contributed by atoms with van der Waals surface area (Å²) in [6.45, 7) is 1.69. The topological polar surface area (TPSA) is 50.8 Å². The molecule has 0 saturated heterocycles. The van der Waals surface area contributed by atoms with Crippen LogP contribution in [0.4, 0.5) is 0 Å². The molecule has 0 saturated carbocycles. The van der Waals surface area contributed by atoms with Crippen LogP contribution in [0.15, 0.2) is 18.2 Å². The van der Waals surface area contributed by atoms with Gasteiger partial charge in [0.1, 0.15) is 0 Å². The summed E-state index contributed by atoms with van der Waals surface area (Å²) >= 11 is 0. The summed E-state index contributed by atoms with van der Waals surface area (Å²) in [7, 11) is 3.53. The van der Waals surface area contributed by atoms with Crippen molar-refractivity contribution in [3.8, 4) is 11.5 Å². The quantitative estimate of drug-likeness (QED) is 0.792. The predicted molar refractivity (Wildman–Crippen MR) is 67.6 cm³/mol. The van der Waals surface area contributed by atoms with Crippen molar-refractivity contribution < 1.29 is 14.3 Å². The van der Waals surface area contributed by atoms with E-state index in [1.165, 1.54) is 0 Å². The van der Waals surface area contributed by atoms with Crippen LogP contribution in [-0.2, 0) is 11.3 Å². The zero-order chi connectivity index (χ0) is 13.0. The largest absolute Gasteiger partial charge is 0.454 e. The van der Waals surface area contributed by atoms with Crippen molar-refractivity contribution in [2.75, 3.05) is 27.4 Å². The fraction of sp³-hybridized carbons (Fsp3) is 0.462. The first-order valence-corrected chi connectivity index (χ1v) is 5.96. The Morgan fingerprint density at radius 3 is 2.89 bits per heavy atom. The van der Waals surface area contributed by atoms with Crippen molar-refractivity contribution in [3.63, 3.8) is 0 Å². The second-order valence-electron chi connectivity index (χ2n) is 4.40. The Morgan fingerprint density at radius 2 is 2.11 bits per heavy atom. The van der Waals surface area contributed by atoms with Gasteiger partial charge in [0.15, 0.2) is 11.5 Å². The highest BCUT2D eigenvalue weighted by Crippen LogP contribution is 2.32. The first-order valence-electron chi connectivity index (χ1n) is 5.96. The third-order valence-corrected chi connectivity index (χ3v) is 2.78. The molecule has 0 aromatic heterocycles. The Labute approximate surface area is 107 Å². The van der Waals surface area contributed by atoms with Crippen molar-refractivity contribution in [1.29, 1.82) is 0 Å². The minimum absolute atomic E-state index is 0.133. The maximum Gasteiger partial charge on any atom is 0.231 e. The minimum Gasteiger partial charge on any atom is -0.454 e. The van der Waals surface area contributed by atoms with Gasteiger partial charge >= 0.3 is 0 Å². The molecule has 1 aromatic rings. The molecule has 0 bridgehead atoms. The Morgan fingerprint density at radius 1 is 1.33 bits per heavy atom. The third kappa shape index (κ3) is 3.13. The Balaban J connectivity index is 1.75. The molecule has 0 spiro atoms. The molecular formula is C13H18N2O3. The van der Waals surface area contributed by atoms with E-state index in [9.17, 15) is 4.79 Å². The van der Waals surface area contributed by atoms with Gasteiger partial charge in [-0.05, 0) is 17.7 Å². The van der Waals surface area contributed by atoms with Crippen molar-refractivity contribution in [2.45, 2.75) is 13.0 Å². The van der Waals surface area contributed by atoms with Crippen LogP contribution in [0.2, 0.25) is 0 Å². The van der Waals surface area contributed by atoms with Gasteiger partial charge in [-0.2, -0.15) is 0 Å². The summed E-state index contributed by atoms with van der Waals surface area (Å²) in [6.07, 6.45) is 0.511. The van der Waals surface area contributed by atoms with E-state index in [1.54, 1.807) is 19.0 Å². The molecule has 98 valence electrons. The summed E-state index contributed by atoms with van der Waals surface area (Å²) in [5.74, 6) is 1.72. The van der Waals surface area contributed by atoms with E-state index in [2.05, 4.69) is 5.32 Å². The lowest BCUT2D eigenvalue weighted by atomic mass is 10.2. The molecule has 0 atom stereocenters. The van der Waals surface area contributed by atoms with Crippen LogP contribution in [0.3, 0.4) is 0 Å². The molecular weight excluding hydrogens is 232 g/mol. The molecule has 1 amide bonds. The highest BCUT2D eigenvalue weighted by Gasteiger charge is 2.12. The lowest BCUT2D eigenvalue weighted by Crippen LogP contribution is -2.26. The van der Waals surface area contributed by atoms with Gasteiger partial charge in [-0.25, -0.2) is 0 Å². The van der Waals surface area contributed by atoms with Gasteiger partial charge in [0.2, 0.25) is 12.7 Å². The van der Waals surface area contributed by atoms with Gasteiger partial charge in [-0.1, -0.05) is 6.07 Å². The van der Waals surface area contributed by atoms with E-state index in [0.717, 1.165) is 23.6 Å². The highest BCUT2D eigenvalue weighted by atomic mass is 16.7. The number of amides is 1. The number of carbonyl (C=O) groups excluding carboxylic acids is 1. The number of benzene rings is 1. The van der Waals surface area contributed by atoms with Crippen LogP contribution in [-0.4, -0.2) is 38.2 Å². The lowest BCUT2D eigenvalue weighted by molar-refractivity contribution is -0.128. The van der Waals surface area contributed by atoms with Crippen LogP contribution in [0, 0.1) is 0 Å². The van der Waals surface area contributed by atoms with Crippen molar-refractivity contribution in [3.05, 3.63) is 23.8 Å². The number of fused-ring (bicyclic) bond motifs is 1. The monoisotopic (exact) mass is 250 g/mol. The van der Waals surface area contributed by atoms with Crippen LogP contribution in [0.25, 0.3) is 0 Å². The van der Waals surface area contributed by atoms with E-state index in [1.807, 2.05) is 18.2 Å². The second kappa shape index (κ2) is 5.73. The number of ether oxygens (including phenoxy) is 2. The summed E-state index contributed by atoms with van der Waals surface area (Å²) in [5, 5.41) is 3.23. The lowest BCUT2D eigenvalue weighted by Gasteiger charge is -2.10. The van der Waals surface area contributed by atoms with Crippen LogP contribution >= 0.6 is 0 Å². The van der Waals surface area contributed by atoms with Gasteiger partial charge < -0.3 is 19.7 Å². The number of nitrogens with zero attached hydrogens (tertiary/aromatic N) is 1. The fourth-order valence-electron chi connectivity index (χ4n) is 1.70. The molecule has 0 aliphatic carbocycles. The zero-order valence-electron chi connectivity index (χ0n) is 10.7. The predicted octanol–water partition coefficient (Wildman–Crippen LogP) is 0.983. The number of rotatable bonds is 5. The highest BCUT2D eigenvalue weighted by molar-refractivity contribution is 5.75. The Hall–Kier alpha value is -1.75. The number of carbonyl (C=O) groups is 1. The second-order valence-corrected chi connectivity index (χ2v) is 4.40. The van der Waals surface area contributed by atoms with E-state index >= 15 is 0 Å². The van der Waals surface area contributed by atoms with E-state index in [4.69, 9.17) is 9.47 Å². The molecule has 1 N–H and O–H groups in total. The Bertz CT molecular complexity index is 432. The van der Waals surface area contributed by atoms with Gasteiger partial charge in [0.25, 0.3) is 0 Å². The zero-order valence-corrected chi connectivity index (χ0v) is 10.7. The SMILES string of the molecule is CN(C)C(=O)CCNCc1ccc2c(c1)OCO2. The summed E-state index contributed by atoms with van der Waals surface area (Å²) < 4.78 is 10.5. The number of nitrogens with one attached hydrogen (secondary N) is 1. The summed E-state index contributed by atoms with van der Waals surface area (Å²) in [6, 6.07) is 5.86. The van der Waals surface area contributed by atoms with Crippen molar-refractivity contribution in [1.82, 2.24) is 10.2 Å². The third-order valence-electron chi connectivity index (χ3n) is 2.78. The summed E-state index contributed by atoms with van der Waals surface area (Å²) in [5.41, 5.74) is 1.12. The normalized spacial score (nSPS) is 12.6. The van der Waals surface area contributed by atoms with Crippen LogP contribution < -0.4 is 14.8 Å². The first-order chi connectivity index (χ1) is 8.66.